The van der Waals surface area contributed by atoms with E-state index in [9.17, 15) is 13.2 Å². The minimum Gasteiger partial charge on any atom is -0.456 e. The van der Waals surface area contributed by atoms with Gasteiger partial charge in [-0.05, 0) is 36.4 Å². The van der Waals surface area contributed by atoms with Crippen molar-refractivity contribution in [3.05, 3.63) is 53.6 Å². The smallest absolute Gasteiger partial charge is 0.243 e. The third-order valence-corrected chi connectivity index (χ3v) is 6.15. The maximum atomic E-state index is 12.5. The molecule has 1 fully saturated rings. The van der Waals surface area contributed by atoms with Crippen LogP contribution in [0.1, 0.15) is 0 Å². The van der Waals surface area contributed by atoms with E-state index in [1.165, 1.54) is 23.5 Å². The number of nitrogens with one attached hydrogen (secondary N) is 1. The van der Waals surface area contributed by atoms with Crippen LogP contribution in [-0.2, 0) is 14.8 Å². The summed E-state index contributed by atoms with van der Waals surface area (Å²) in [5, 5.41) is 3.00. The molecule has 25 heavy (non-hydrogen) atoms. The van der Waals surface area contributed by atoms with Crippen LogP contribution in [0.4, 0.5) is 0 Å². The van der Waals surface area contributed by atoms with Crippen LogP contribution in [-0.4, -0.2) is 38.8 Å². The number of nitrogens with zero attached hydrogens (tertiary/aromatic N) is 1. The Bertz CT molecular complexity index is 878. The molecular weight excluding hydrogens is 364 g/mol. The maximum Gasteiger partial charge on any atom is 0.243 e. The highest BCUT2D eigenvalue weighted by molar-refractivity contribution is 7.89. The van der Waals surface area contributed by atoms with E-state index in [0.717, 1.165) is 0 Å². The van der Waals surface area contributed by atoms with Gasteiger partial charge in [0.2, 0.25) is 15.9 Å². The van der Waals surface area contributed by atoms with Gasteiger partial charge in [0.25, 0.3) is 0 Å². The van der Waals surface area contributed by atoms with E-state index >= 15 is 0 Å². The van der Waals surface area contributed by atoms with Crippen molar-refractivity contribution < 1.29 is 17.9 Å². The Hall–Kier alpha value is -2.09. The van der Waals surface area contributed by atoms with Gasteiger partial charge in [-0.3, -0.25) is 4.79 Å². The summed E-state index contributed by atoms with van der Waals surface area (Å²) in [6, 6.07) is 13.1. The fourth-order valence-electron chi connectivity index (χ4n) is 2.49. The molecular formula is C17H17ClN2O4S. The van der Waals surface area contributed by atoms with Gasteiger partial charge in [0.15, 0.2) is 0 Å². The van der Waals surface area contributed by atoms with Crippen molar-refractivity contribution in [2.45, 2.75) is 4.90 Å². The Morgan fingerprint density at radius 3 is 2.40 bits per heavy atom. The molecule has 1 heterocycles. The topological polar surface area (TPSA) is 75.7 Å². The zero-order valence-electron chi connectivity index (χ0n) is 13.5. The number of halogens is 1. The molecule has 0 aliphatic carbocycles. The van der Waals surface area contributed by atoms with E-state index in [1.54, 1.807) is 36.4 Å². The van der Waals surface area contributed by atoms with Gasteiger partial charge in [-0.2, -0.15) is 4.31 Å². The normalized spacial score (nSPS) is 15.4. The molecule has 0 saturated carbocycles. The lowest BCUT2D eigenvalue weighted by atomic mass is 10.0. The molecule has 1 aliphatic rings. The van der Waals surface area contributed by atoms with E-state index in [2.05, 4.69) is 5.32 Å². The first-order valence-corrected chi connectivity index (χ1v) is 9.48. The Morgan fingerprint density at radius 1 is 1.16 bits per heavy atom. The highest BCUT2D eigenvalue weighted by Crippen LogP contribution is 2.30. The first-order chi connectivity index (χ1) is 11.9. The molecule has 6 nitrogen and oxygen atoms in total. The highest BCUT2D eigenvalue weighted by atomic mass is 35.5. The summed E-state index contributed by atoms with van der Waals surface area (Å²) in [7, 11) is -2.06. The summed E-state index contributed by atoms with van der Waals surface area (Å²) in [5.41, 5.74) is 0. The lowest BCUT2D eigenvalue weighted by Gasteiger charge is -2.36. The Labute approximate surface area is 151 Å². The summed E-state index contributed by atoms with van der Waals surface area (Å²) in [4.78, 5) is 11.7. The quantitative estimate of drug-likeness (QED) is 0.864. The molecule has 1 N–H and O–H groups in total. The Balaban J connectivity index is 1.70. The number of hydrogen-bond donors (Lipinski definition) is 1. The molecule has 0 atom stereocenters. The number of hydrogen-bond acceptors (Lipinski definition) is 4. The molecule has 0 radical (unpaired) electrons. The second-order valence-electron chi connectivity index (χ2n) is 5.64. The predicted octanol–water partition coefficient (Wildman–Crippen LogP) is 2.50. The van der Waals surface area contributed by atoms with Gasteiger partial charge < -0.3 is 10.1 Å². The molecule has 2 aromatic rings. The molecule has 132 valence electrons. The van der Waals surface area contributed by atoms with Crippen LogP contribution in [0.5, 0.6) is 11.5 Å². The van der Waals surface area contributed by atoms with Crippen LogP contribution in [0.2, 0.25) is 5.02 Å². The molecule has 0 spiro atoms. The van der Waals surface area contributed by atoms with E-state index in [0.29, 0.717) is 16.5 Å². The van der Waals surface area contributed by atoms with Crippen molar-refractivity contribution >= 4 is 27.5 Å². The first kappa shape index (κ1) is 17.7. The average Bonchev–Trinajstić information content (AvgIpc) is 2.55. The van der Waals surface area contributed by atoms with Gasteiger partial charge in [-0.1, -0.05) is 23.7 Å². The summed E-state index contributed by atoms with van der Waals surface area (Å²) >= 11 is 6.04. The summed E-state index contributed by atoms with van der Waals surface area (Å²) in [6.45, 7) is 0.389. The second kappa shape index (κ2) is 7.03. The maximum absolute atomic E-state index is 12.5. The Kier molecular flexibility index (Phi) is 4.99. The van der Waals surface area contributed by atoms with E-state index < -0.39 is 10.0 Å². The molecule has 1 aliphatic heterocycles. The van der Waals surface area contributed by atoms with Crippen molar-refractivity contribution in [1.29, 1.82) is 0 Å². The average molecular weight is 381 g/mol. The van der Waals surface area contributed by atoms with Crippen LogP contribution in [0.25, 0.3) is 0 Å². The van der Waals surface area contributed by atoms with Gasteiger partial charge in [0.05, 0.1) is 15.8 Å². The predicted molar refractivity (Wildman–Crippen MR) is 94.3 cm³/mol. The fourth-order valence-corrected chi connectivity index (χ4v) is 4.19. The molecule has 3 rings (SSSR count). The number of carbonyl (C=O) groups excluding carboxylic acids is 1. The number of amides is 1. The Morgan fingerprint density at radius 2 is 1.80 bits per heavy atom. The molecule has 0 bridgehead atoms. The van der Waals surface area contributed by atoms with Gasteiger partial charge in [0, 0.05) is 20.1 Å². The van der Waals surface area contributed by atoms with Crippen LogP contribution >= 0.6 is 11.6 Å². The van der Waals surface area contributed by atoms with Gasteiger partial charge >= 0.3 is 0 Å². The number of carbonyl (C=O) groups is 1. The van der Waals surface area contributed by atoms with Crippen LogP contribution in [0.3, 0.4) is 0 Å². The number of sulfonamides is 1. The van der Waals surface area contributed by atoms with Crippen molar-refractivity contribution in [3.8, 4) is 11.5 Å². The van der Waals surface area contributed by atoms with Gasteiger partial charge in [-0.15, -0.1) is 0 Å². The molecule has 2 aromatic carbocycles. The minimum atomic E-state index is -3.60. The van der Waals surface area contributed by atoms with E-state index in [1.807, 2.05) is 0 Å². The van der Waals surface area contributed by atoms with Gasteiger partial charge in [0.1, 0.15) is 11.5 Å². The molecule has 1 amide bonds. The number of ether oxygens (including phenoxy) is 1. The lowest BCUT2D eigenvalue weighted by Crippen LogP contribution is -2.55. The largest absolute Gasteiger partial charge is 0.456 e. The number of benzene rings is 2. The second-order valence-corrected chi connectivity index (χ2v) is 7.98. The highest BCUT2D eigenvalue weighted by Gasteiger charge is 2.40. The zero-order valence-corrected chi connectivity index (χ0v) is 15.0. The molecule has 0 aromatic heterocycles. The first-order valence-electron chi connectivity index (χ1n) is 7.66. The van der Waals surface area contributed by atoms with Crippen LogP contribution in [0.15, 0.2) is 53.4 Å². The van der Waals surface area contributed by atoms with Crippen LogP contribution < -0.4 is 10.1 Å². The standard InChI is InChI=1S/C17H17ClN2O4S/c1-19-17(21)12-10-20(11-12)25(22,23)14-8-6-13(7-9-14)24-16-5-3-2-4-15(16)18/h2-9,12H,10-11H2,1H3,(H,19,21). The van der Waals surface area contributed by atoms with Crippen molar-refractivity contribution in [2.24, 2.45) is 5.92 Å². The van der Waals surface area contributed by atoms with Crippen LogP contribution in [0, 0.1) is 5.92 Å². The van der Waals surface area contributed by atoms with E-state index in [-0.39, 0.29) is 29.8 Å². The number of para-hydroxylation sites is 1. The lowest BCUT2D eigenvalue weighted by molar-refractivity contribution is -0.127. The summed E-state index contributed by atoms with van der Waals surface area (Å²) in [6.07, 6.45) is 0. The third-order valence-electron chi connectivity index (χ3n) is 3.99. The monoisotopic (exact) mass is 380 g/mol. The van der Waals surface area contributed by atoms with Gasteiger partial charge in [-0.25, -0.2) is 8.42 Å². The fraction of sp³-hybridized carbons (Fsp3) is 0.235. The summed E-state index contributed by atoms with van der Waals surface area (Å²) < 4.78 is 32.0. The third kappa shape index (κ3) is 3.63. The molecule has 1 saturated heterocycles. The summed E-state index contributed by atoms with van der Waals surface area (Å²) in [5.74, 6) is 0.548. The van der Waals surface area contributed by atoms with E-state index in [4.69, 9.17) is 16.3 Å². The minimum absolute atomic E-state index is 0.144. The number of rotatable bonds is 5. The van der Waals surface area contributed by atoms with Crippen molar-refractivity contribution in [3.63, 3.8) is 0 Å². The van der Waals surface area contributed by atoms with Crippen molar-refractivity contribution in [2.75, 3.05) is 20.1 Å². The molecule has 0 unspecified atom stereocenters. The molecule has 8 heteroatoms. The zero-order chi connectivity index (χ0) is 18.0. The van der Waals surface area contributed by atoms with Crippen molar-refractivity contribution in [1.82, 2.24) is 9.62 Å². The SMILES string of the molecule is CNC(=O)C1CN(S(=O)(=O)c2ccc(Oc3ccccc3Cl)cc2)C1.